The van der Waals surface area contributed by atoms with E-state index in [0.717, 1.165) is 11.3 Å². The van der Waals surface area contributed by atoms with Gasteiger partial charge in [-0.15, -0.1) is 0 Å². The first-order valence-corrected chi connectivity index (χ1v) is 9.77. The molecule has 0 atom stereocenters. The predicted octanol–water partition coefficient (Wildman–Crippen LogP) is 2.68. The van der Waals surface area contributed by atoms with Crippen molar-refractivity contribution in [3.05, 3.63) is 48.4 Å². The molecule has 10 heteroatoms. The lowest BCUT2D eigenvalue weighted by molar-refractivity contribution is 0.0528. The minimum absolute atomic E-state index is 0.342. The van der Waals surface area contributed by atoms with Gasteiger partial charge in [0.2, 0.25) is 5.95 Å². The number of fused-ring (bicyclic) bond motifs is 5. The second-order valence-corrected chi connectivity index (χ2v) is 7.91. The molecular weight excluding hydrogens is 396 g/mol. The Labute approximate surface area is 179 Å². The summed E-state index contributed by atoms with van der Waals surface area (Å²) in [6.45, 7) is 6.19. The molecule has 0 unspecified atom stereocenters. The van der Waals surface area contributed by atoms with Gasteiger partial charge in [-0.05, 0) is 32.9 Å². The number of rotatable bonds is 5. The third-order valence-corrected chi connectivity index (χ3v) is 4.34. The topological polar surface area (TPSA) is 121 Å². The number of carbonyl (C=O) groups is 1. The number of hydrazine groups is 1. The van der Waals surface area contributed by atoms with E-state index in [1.54, 1.807) is 23.5 Å². The van der Waals surface area contributed by atoms with Crippen LogP contribution in [0.5, 0.6) is 0 Å². The average molecular weight is 418 g/mol. The van der Waals surface area contributed by atoms with Gasteiger partial charge < -0.3 is 10.1 Å². The highest BCUT2D eigenvalue weighted by Gasteiger charge is 2.22. The van der Waals surface area contributed by atoms with Crippen LogP contribution in [0.1, 0.15) is 26.3 Å². The van der Waals surface area contributed by atoms with Gasteiger partial charge >= 0.3 is 6.09 Å². The van der Waals surface area contributed by atoms with Crippen LogP contribution < -0.4 is 15.8 Å². The molecule has 0 radical (unpaired) electrons. The number of anilines is 2. The molecule has 0 saturated carbocycles. The molecule has 1 aromatic carbocycles. The number of ether oxygens (including phenoxy) is 1. The Morgan fingerprint density at radius 3 is 2.65 bits per heavy atom. The number of amides is 1. The van der Waals surface area contributed by atoms with Crippen LogP contribution in [0.15, 0.2) is 42.9 Å². The number of hydrogen-bond donors (Lipinski definition) is 2. The Kier molecular flexibility index (Phi) is 5.27. The van der Waals surface area contributed by atoms with E-state index in [-0.39, 0.29) is 0 Å². The van der Waals surface area contributed by atoms with E-state index in [4.69, 9.17) is 10.00 Å². The second-order valence-electron chi connectivity index (χ2n) is 7.91. The van der Waals surface area contributed by atoms with Gasteiger partial charge in [0.15, 0.2) is 5.82 Å². The minimum atomic E-state index is -0.550. The van der Waals surface area contributed by atoms with Gasteiger partial charge in [-0.25, -0.2) is 25.2 Å². The van der Waals surface area contributed by atoms with Gasteiger partial charge in [0.1, 0.15) is 17.7 Å². The van der Waals surface area contributed by atoms with E-state index < -0.39 is 11.7 Å². The number of benzene rings is 1. The molecular formula is C21H22N8O2. The fourth-order valence-electron chi connectivity index (χ4n) is 2.97. The van der Waals surface area contributed by atoms with E-state index in [0.29, 0.717) is 36.2 Å². The van der Waals surface area contributed by atoms with Crippen molar-refractivity contribution in [2.24, 2.45) is 0 Å². The fourth-order valence-corrected chi connectivity index (χ4v) is 2.97. The Morgan fingerprint density at radius 2 is 1.94 bits per heavy atom. The predicted molar refractivity (Wildman–Crippen MR) is 114 cm³/mol. The first kappa shape index (κ1) is 20.3. The summed E-state index contributed by atoms with van der Waals surface area (Å²) in [6, 6.07) is 11.2. The molecule has 1 amide bonds. The van der Waals surface area contributed by atoms with Crippen LogP contribution in [0.3, 0.4) is 0 Å². The van der Waals surface area contributed by atoms with Crippen molar-refractivity contribution in [2.75, 3.05) is 18.1 Å². The van der Waals surface area contributed by atoms with Gasteiger partial charge in [-0.2, -0.15) is 10.2 Å². The Morgan fingerprint density at radius 1 is 1.16 bits per heavy atom. The first-order valence-electron chi connectivity index (χ1n) is 9.77. The van der Waals surface area contributed by atoms with E-state index in [1.165, 1.54) is 0 Å². The summed E-state index contributed by atoms with van der Waals surface area (Å²) in [5.41, 5.74) is 4.83. The molecule has 10 nitrogen and oxygen atoms in total. The van der Waals surface area contributed by atoms with Crippen molar-refractivity contribution in [1.29, 1.82) is 5.26 Å². The van der Waals surface area contributed by atoms with Gasteiger partial charge in [-0.1, -0.05) is 12.1 Å². The molecule has 3 heterocycles. The molecule has 2 aromatic heterocycles. The molecule has 4 rings (SSSR count). The molecule has 0 fully saturated rings. The van der Waals surface area contributed by atoms with E-state index >= 15 is 0 Å². The first-order chi connectivity index (χ1) is 14.8. The van der Waals surface area contributed by atoms with E-state index in [2.05, 4.69) is 31.8 Å². The van der Waals surface area contributed by atoms with Crippen molar-refractivity contribution in [1.82, 2.24) is 30.3 Å². The maximum atomic E-state index is 11.8. The lowest BCUT2D eigenvalue weighted by Crippen LogP contribution is -2.42. The van der Waals surface area contributed by atoms with Crippen LogP contribution in [0.25, 0.3) is 17.1 Å². The molecule has 0 spiro atoms. The summed E-state index contributed by atoms with van der Waals surface area (Å²) in [4.78, 5) is 25.5. The number of nitriles is 1. The van der Waals surface area contributed by atoms with Crippen molar-refractivity contribution in [2.45, 2.75) is 26.4 Å². The SMILES string of the molecule is CC(C)(C)OC(=O)NCCNN1c2cn(cn2)-c2cc(-c3ccc(C#N)cc3)nc1n2. The van der Waals surface area contributed by atoms with Gasteiger partial charge in [0, 0.05) is 24.7 Å². The van der Waals surface area contributed by atoms with Crippen LogP contribution in [0.2, 0.25) is 0 Å². The zero-order valence-electron chi connectivity index (χ0n) is 17.5. The van der Waals surface area contributed by atoms with Crippen LogP contribution in [0, 0.1) is 11.3 Å². The van der Waals surface area contributed by atoms with Gasteiger partial charge in [-0.3, -0.25) is 4.57 Å². The second kappa shape index (κ2) is 8.04. The van der Waals surface area contributed by atoms with Crippen molar-refractivity contribution in [3.63, 3.8) is 0 Å². The maximum Gasteiger partial charge on any atom is 0.407 e. The molecule has 0 aliphatic carbocycles. The molecule has 1 aliphatic rings. The van der Waals surface area contributed by atoms with Crippen molar-refractivity contribution >= 4 is 17.9 Å². The summed E-state index contributed by atoms with van der Waals surface area (Å²) in [5, 5.41) is 13.4. The Hall–Kier alpha value is -3.97. The quantitative estimate of drug-likeness (QED) is 0.607. The smallest absolute Gasteiger partial charge is 0.407 e. The largest absolute Gasteiger partial charge is 0.444 e. The number of carbonyl (C=O) groups excluding carboxylic acids is 1. The third-order valence-electron chi connectivity index (χ3n) is 4.34. The lowest BCUT2D eigenvalue weighted by atomic mass is 10.1. The third kappa shape index (κ3) is 4.62. The minimum Gasteiger partial charge on any atom is -0.444 e. The standard InChI is InChI=1S/C21H22N8O2/c1-21(2,3)31-20(30)23-8-9-25-29-18-12-28(13-24-18)17-10-16(26-19(29)27-17)15-6-4-14(11-22)5-7-15/h4-7,10,12-13,25H,8-9H2,1-3H3,(H,23,30). The lowest BCUT2D eigenvalue weighted by Gasteiger charge is -2.22. The summed E-state index contributed by atoms with van der Waals surface area (Å²) in [7, 11) is 0. The van der Waals surface area contributed by atoms with Crippen molar-refractivity contribution in [3.8, 4) is 23.1 Å². The number of hydrogen-bond acceptors (Lipinski definition) is 8. The maximum absolute atomic E-state index is 11.8. The molecule has 1 aliphatic heterocycles. The normalized spacial score (nSPS) is 12.1. The summed E-state index contributed by atoms with van der Waals surface area (Å²) in [5.74, 6) is 1.74. The van der Waals surface area contributed by atoms with Crippen LogP contribution in [-0.2, 0) is 4.74 Å². The monoisotopic (exact) mass is 418 g/mol. The van der Waals surface area contributed by atoms with Gasteiger partial charge in [0.05, 0.1) is 23.5 Å². The molecule has 0 saturated heterocycles. The molecule has 158 valence electrons. The zero-order chi connectivity index (χ0) is 22.0. The van der Waals surface area contributed by atoms with Crippen LogP contribution in [0.4, 0.5) is 16.6 Å². The molecule has 3 aromatic rings. The number of alkyl carbamates (subject to hydrolysis) is 1. The summed E-state index contributed by atoms with van der Waals surface area (Å²) < 4.78 is 7.05. The van der Waals surface area contributed by atoms with E-state index in [1.807, 2.05) is 49.7 Å². The highest BCUT2D eigenvalue weighted by molar-refractivity contribution is 5.68. The van der Waals surface area contributed by atoms with Crippen molar-refractivity contribution < 1.29 is 9.53 Å². The number of nitrogens with zero attached hydrogens (tertiary/aromatic N) is 6. The van der Waals surface area contributed by atoms with Crippen LogP contribution in [-0.4, -0.2) is 44.3 Å². The Balaban J connectivity index is 1.51. The fraction of sp³-hybridized carbons (Fsp3) is 0.286. The highest BCUT2D eigenvalue weighted by atomic mass is 16.6. The highest BCUT2D eigenvalue weighted by Crippen LogP contribution is 2.28. The Bertz CT molecular complexity index is 1140. The summed E-state index contributed by atoms with van der Waals surface area (Å²) in [6.07, 6.45) is 3.04. The van der Waals surface area contributed by atoms with Crippen LogP contribution >= 0.6 is 0 Å². The molecule has 4 bridgehead atoms. The number of aromatic nitrogens is 4. The van der Waals surface area contributed by atoms with E-state index in [9.17, 15) is 4.79 Å². The summed E-state index contributed by atoms with van der Waals surface area (Å²) >= 11 is 0. The van der Waals surface area contributed by atoms with Gasteiger partial charge in [0.25, 0.3) is 0 Å². The number of imidazole rings is 1. The zero-order valence-corrected chi connectivity index (χ0v) is 17.5. The number of nitrogens with one attached hydrogen (secondary N) is 2. The average Bonchev–Trinajstić information content (AvgIpc) is 3.18. The molecule has 31 heavy (non-hydrogen) atoms. The molecule has 2 N–H and O–H groups in total.